The van der Waals surface area contributed by atoms with E-state index < -0.39 is 0 Å². The van der Waals surface area contributed by atoms with Crippen molar-refractivity contribution in [3.63, 3.8) is 0 Å². The van der Waals surface area contributed by atoms with Crippen molar-refractivity contribution in [3.8, 4) is 0 Å². The lowest BCUT2D eigenvalue weighted by atomic mass is 10.2. The van der Waals surface area contributed by atoms with E-state index in [4.69, 9.17) is 5.84 Å². The second-order valence-corrected chi connectivity index (χ2v) is 2.04. The van der Waals surface area contributed by atoms with Crippen LogP contribution in [0.25, 0.3) is 0 Å². The minimum atomic E-state index is 0.635. The zero-order valence-corrected chi connectivity index (χ0v) is 5.36. The van der Waals surface area contributed by atoms with Crippen molar-refractivity contribution in [2.75, 3.05) is 6.54 Å². The van der Waals surface area contributed by atoms with Crippen LogP contribution in [0.5, 0.6) is 0 Å². The lowest BCUT2D eigenvalue weighted by Crippen LogP contribution is -2.48. The molecule has 0 aliphatic rings. The molecular weight excluding hydrogens is 104 g/mol. The van der Waals surface area contributed by atoms with Crippen molar-refractivity contribution in [1.82, 2.24) is 16.5 Å². The van der Waals surface area contributed by atoms with Crippen LogP contribution in [-0.2, 0) is 0 Å². The van der Waals surface area contributed by atoms with E-state index in [0.29, 0.717) is 5.92 Å². The molecule has 0 spiro atoms. The second kappa shape index (κ2) is 4.99. The predicted octanol–water partition coefficient (Wildman–Crippen LogP) is -0.885. The van der Waals surface area contributed by atoms with Gasteiger partial charge in [0.1, 0.15) is 0 Å². The molecule has 0 radical (unpaired) electrons. The molecule has 0 aromatic heterocycles. The van der Waals surface area contributed by atoms with Gasteiger partial charge in [0.05, 0.1) is 0 Å². The van der Waals surface area contributed by atoms with Gasteiger partial charge in [-0.3, -0.25) is 5.84 Å². The molecule has 0 unspecified atom stereocenters. The summed E-state index contributed by atoms with van der Waals surface area (Å²) in [5.41, 5.74) is 7.67. The van der Waals surface area contributed by atoms with Crippen molar-refractivity contribution in [2.24, 2.45) is 11.8 Å². The molecule has 0 amide bonds. The van der Waals surface area contributed by atoms with Gasteiger partial charge in [0, 0.05) is 6.54 Å². The summed E-state index contributed by atoms with van der Waals surface area (Å²) < 4.78 is 0. The number of nitrogens with one attached hydrogen (secondary N) is 3. The summed E-state index contributed by atoms with van der Waals surface area (Å²) in [7, 11) is 0. The molecule has 0 saturated carbocycles. The molecular formula is C4H14N4. The van der Waals surface area contributed by atoms with Crippen LogP contribution < -0.4 is 22.3 Å². The molecule has 0 aliphatic heterocycles. The Morgan fingerprint density at radius 3 is 2.50 bits per heavy atom. The van der Waals surface area contributed by atoms with E-state index >= 15 is 0 Å². The summed E-state index contributed by atoms with van der Waals surface area (Å²) in [6, 6.07) is 0. The van der Waals surface area contributed by atoms with Crippen LogP contribution in [0.2, 0.25) is 0 Å². The summed E-state index contributed by atoms with van der Waals surface area (Å²) in [6.07, 6.45) is 0. The number of hydrogen-bond donors (Lipinski definition) is 4. The topological polar surface area (TPSA) is 62.1 Å². The third-order valence-electron chi connectivity index (χ3n) is 0.671. The Bertz CT molecular complexity index is 45.3. The zero-order chi connectivity index (χ0) is 6.41. The van der Waals surface area contributed by atoms with Crippen LogP contribution >= 0.6 is 0 Å². The van der Waals surface area contributed by atoms with E-state index in [1.807, 2.05) is 0 Å². The minimum Gasteiger partial charge on any atom is -0.257 e. The minimum absolute atomic E-state index is 0.635. The van der Waals surface area contributed by atoms with Gasteiger partial charge in [-0.05, 0) is 5.92 Å². The smallest absolute Gasteiger partial charge is 0.0137 e. The Morgan fingerprint density at radius 2 is 2.12 bits per heavy atom. The number of rotatable bonds is 4. The van der Waals surface area contributed by atoms with Crippen molar-refractivity contribution in [2.45, 2.75) is 13.8 Å². The quantitative estimate of drug-likeness (QED) is 0.220. The molecule has 0 fully saturated rings. The molecule has 0 aliphatic carbocycles. The van der Waals surface area contributed by atoms with Gasteiger partial charge >= 0.3 is 0 Å². The second-order valence-electron chi connectivity index (χ2n) is 2.04. The first-order valence-electron chi connectivity index (χ1n) is 2.71. The summed E-state index contributed by atoms with van der Waals surface area (Å²) in [6.45, 7) is 5.14. The van der Waals surface area contributed by atoms with Crippen molar-refractivity contribution < 1.29 is 0 Å². The van der Waals surface area contributed by atoms with Gasteiger partial charge in [-0.1, -0.05) is 13.8 Å². The highest BCUT2D eigenvalue weighted by atomic mass is 15.7. The van der Waals surface area contributed by atoms with Crippen LogP contribution in [0.15, 0.2) is 0 Å². The Kier molecular flexibility index (Phi) is 4.89. The van der Waals surface area contributed by atoms with Gasteiger partial charge in [-0.15, -0.1) is 0 Å². The molecule has 4 heteroatoms. The summed E-state index contributed by atoms with van der Waals surface area (Å²) in [4.78, 5) is 0. The first-order chi connectivity index (χ1) is 3.77. The molecule has 0 aromatic rings. The summed E-state index contributed by atoms with van der Waals surface area (Å²) >= 11 is 0. The van der Waals surface area contributed by atoms with Crippen molar-refractivity contribution >= 4 is 0 Å². The molecule has 4 nitrogen and oxygen atoms in total. The average molecular weight is 118 g/mol. The fraction of sp³-hybridized carbons (Fsp3) is 1.00. The zero-order valence-electron chi connectivity index (χ0n) is 5.36. The van der Waals surface area contributed by atoms with E-state index in [9.17, 15) is 0 Å². The Balaban J connectivity index is 2.72. The van der Waals surface area contributed by atoms with Gasteiger partial charge in [-0.2, -0.15) is 11.1 Å². The molecule has 0 heterocycles. The maximum absolute atomic E-state index is 4.89. The molecule has 5 N–H and O–H groups in total. The highest BCUT2D eigenvalue weighted by Crippen LogP contribution is 1.83. The fourth-order valence-electron chi connectivity index (χ4n) is 0.306. The molecule has 0 atom stereocenters. The third-order valence-corrected chi connectivity index (χ3v) is 0.671. The average Bonchev–Trinajstić information content (AvgIpc) is 1.66. The Hall–Kier alpha value is -0.160. The van der Waals surface area contributed by atoms with E-state index in [1.54, 1.807) is 0 Å². The highest BCUT2D eigenvalue weighted by molar-refractivity contribution is 4.42. The van der Waals surface area contributed by atoms with E-state index in [2.05, 4.69) is 30.3 Å². The largest absolute Gasteiger partial charge is 0.257 e. The standard InChI is InChI=1S/C4H14N4/c1-4(2)3-6-8-7-5/h4,6-8H,3,5H2,1-2H3. The summed E-state index contributed by atoms with van der Waals surface area (Å²) in [5.74, 6) is 5.53. The molecule has 0 bridgehead atoms. The normalized spacial score (nSPS) is 10.5. The predicted molar refractivity (Wildman–Crippen MR) is 33.3 cm³/mol. The molecule has 0 aromatic carbocycles. The van der Waals surface area contributed by atoms with Crippen LogP contribution in [0, 0.1) is 5.92 Å². The van der Waals surface area contributed by atoms with Crippen LogP contribution in [0.3, 0.4) is 0 Å². The summed E-state index contributed by atoms with van der Waals surface area (Å²) in [5, 5.41) is 0. The van der Waals surface area contributed by atoms with Gasteiger partial charge in [0.25, 0.3) is 0 Å². The monoisotopic (exact) mass is 118 g/mol. The molecule has 0 rings (SSSR count). The number of hydrazine groups is 3. The van der Waals surface area contributed by atoms with Crippen LogP contribution in [0.4, 0.5) is 0 Å². The molecule has 50 valence electrons. The Labute approximate surface area is 49.7 Å². The van der Waals surface area contributed by atoms with Crippen molar-refractivity contribution in [1.29, 1.82) is 0 Å². The lowest BCUT2D eigenvalue weighted by Gasteiger charge is -2.06. The maximum Gasteiger partial charge on any atom is 0.0137 e. The van der Waals surface area contributed by atoms with Crippen LogP contribution in [0.1, 0.15) is 13.8 Å². The van der Waals surface area contributed by atoms with Crippen LogP contribution in [-0.4, -0.2) is 6.54 Å². The SMILES string of the molecule is CC(C)CNNNN. The Morgan fingerprint density at radius 1 is 1.50 bits per heavy atom. The van der Waals surface area contributed by atoms with Crippen molar-refractivity contribution in [3.05, 3.63) is 0 Å². The van der Waals surface area contributed by atoms with Gasteiger partial charge in [0.2, 0.25) is 0 Å². The third kappa shape index (κ3) is 5.84. The van der Waals surface area contributed by atoms with Gasteiger partial charge in [0.15, 0.2) is 0 Å². The first kappa shape index (κ1) is 7.84. The first-order valence-corrected chi connectivity index (χ1v) is 2.71. The van der Waals surface area contributed by atoms with E-state index in [1.165, 1.54) is 0 Å². The van der Waals surface area contributed by atoms with E-state index in [0.717, 1.165) is 6.54 Å². The van der Waals surface area contributed by atoms with Gasteiger partial charge < -0.3 is 0 Å². The molecule has 8 heavy (non-hydrogen) atoms. The maximum atomic E-state index is 4.89. The number of hydrogen-bond acceptors (Lipinski definition) is 4. The molecule has 0 saturated heterocycles. The lowest BCUT2D eigenvalue weighted by molar-refractivity contribution is 0.410. The van der Waals surface area contributed by atoms with E-state index in [-0.39, 0.29) is 0 Å². The fourth-order valence-corrected chi connectivity index (χ4v) is 0.306. The number of nitrogens with two attached hydrogens (primary N) is 1. The highest BCUT2D eigenvalue weighted by Gasteiger charge is 1.88. The van der Waals surface area contributed by atoms with Gasteiger partial charge in [-0.25, -0.2) is 5.43 Å².